The molecule has 3 aromatic carbocycles. The summed E-state index contributed by atoms with van der Waals surface area (Å²) >= 11 is 3.42. The first-order chi connectivity index (χ1) is 20.0. The average molecular weight is 661 g/mol. The third-order valence-electron chi connectivity index (χ3n) is 6.81. The van der Waals surface area contributed by atoms with Gasteiger partial charge in [0, 0.05) is 23.6 Å². The predicted octanol–water partition coefficient (Wildman–Crippen LogP) is 5.30. The molecular formula is C31H38BrN3O6S. The predicted molar refractivity (Wildman–Crippen MR) is 167 cm³/mol. The fraction of sp³-hybridized carbons (Fsp3) is 0.355. The molecule has 3 rings (SSSR count). The van der Waals surface area contributed by atoms with Gasteiger partial charge in [0.25, 0.3) is 10.0 Å². The highest BCUT2D eigenvalue weighted by molar-refractivity contribution is 9.10. The minimum atomic E-state index is -4.25. The molecule has 226 valence electrons. The lowest BCUT2D eigenvalue weighted by Crippen LogP contribution is -2.51. The minimum absolute atomic E-state index is 0.0710. The van der Waals surface area contributed by atoms with Gasteiger partial charge in [0.2, 0.25) is 11.8 Å². The van der Waals surface area contributed by atoms with E-state index in [9.17, 15) is 18.0 Å². The number of carbonyl (C=O) groups is 2. The molecule has 0 spiro atoms. The second-order valence-corrected chi connectivity index (χ2v) is 12.6. The largest absolute Gasteiger partial charge is 0.493 e. The van der Waals surface area contributed by atoms with Gasteiger partial charge < -0.3 is 19.7 Å². The van der Waals surface area contributed by atoms with Crippen LogP contribution in [0.15, 0.2) is 76.1 Å². The number of ether oxygens (including phenoxy) is 2. The summed E-state index contributed by atoms with van der Waals surface area (Å²) < 4.78 is 40.7. The Morgan fingerprint density at radius 1 is 0.952 bits per heavy atom. The van der Waals surface area contributed by atoms with Crippen molar-refractivity contribution in [3.05, 3.63) is 82.3 Å². The normalized spacial score (nSPS) is 11.9. The molecule has 1 N–H and O–H groups in total. The molecule has 0 saturated carbocycles. The van der Waals surface area contributed by atoms with Gasteiger partial charge in [-0.15, -0.1) is 0 Å². The van der Waals surface area contributed by atoms with Gasteiger partial charge in [0.1, 0.15) is 12.6 Å². The van der Waals surface area contributed by atoms with Crippen LogP contribution in [0.3, 0.4) is 0 Å². The Bertz CT molecular complexity index is 1460. The lowest BCUT2D eigenvalue weighted by molar-refractivity contribution is -0.139. The molecule has 0 bridgehead atoms. The number of nitrogens with one attached hydrogen (secondary N) is 1. The summed E-state index contributed by atoms with van der Waals surface area (Å²) in [4.78, 5) is 28.5. The quantitative estimate of drug-likeness (QED) is 0.235. The molecule has 0 aliphatic carbocycles. The summed E-state index contributed by atoms with van der Waals surface area (Å²) in [7, 11) is -1.37. The zero-order valence-electron chi connectivity index (χ0n) is 24.6. The van der Waals surface area contributed by atoms with Crippen molar-refractivity contribution in [1.82, 2.24) is 10.2 Å². The fourth-order valence-electron chi connectivity index (χ4n) is 4.25. The highest BCUT2D eigenvalue weighted by Gasteiger charge is 2.33. The number of benzene rings is 3. The van der Waals surface area contributed by atoms with Crippen LogP contribution in [0.25, 0.3) is 0 Å². The van der Waals surface area contributed by atoms with E-state index in [1.165, 1.54) is 37.3 Å². The van der Waals surface area contributed by atoms with E-state index in [2.05, 4.69) is 21.2 Å². The average Bonchev–Trinajstić information content (AvgIpc) is 2.99. The van der Waals surface area contributed by atoms with Crippen LogP contribution >= 0.6 is 15.9 Å². The number of aryl methyl sites for hydroxylation is 1. The van der Waals surface area contributed by atoms with E-state index < -0.39 is 28.5 Å². The van der Waals surface area contributed by atoms with Gasteiger partial charge >= 0.3 is 0 Å². The molecule has 0 fully saturated rings. The molecule has 0 unspecified atom stereocenters. The van der Waals surface area contributed by atoms with Crippen molar-refractivity contribution in [2.45, 2.75) is 51.1 Å². The molecule has 1 atom stereocenters. The molecule has 2 amide bonds. The summed E-state index contributed by atoms with van der Waals surface area (Å²) in [6.45, 7) is 5.65. The van der Waals surface area contributed by atoms with E-state index in [0.29, 0.717) is 18.0 Å². The molecule has 0 aromatic heterocycles. The Balaban J connectivity index is 2.03. The second-order valence-electron chi connectivity index (χ2n) is 9.83. The number of sulfonamides is 1. The van der Waals surface area contributed by atoms with E-state index in [4.69, 9.17) is 9.47 Å². The van der Waals surface area contributed by atoms with Crippen molar-refractivity contribution in [2.24, 2.45) is 0 Å². The first-order valence-electron chi connectivity index (χ1n) is 13.6. The molecule has 0 aliphatic heterocycles. The van der Waals surface area contributed by atoms with E-state index in [1.807, 2.05) is 38.1 Å². The maximum atomic E-state index is 14.1. The van der Waals surface area contributed by atoms with E-state index >= 15 is 0 Å². The van der Waals surface area contributed by atoms with E-state index in [0.717, 1.165) is 32.7 Å². The molecule has 42 heavy (non-hydrogen) atoms. The Morgan fingerprint density at radius 3 is 2.19 bits per heavy atom. The maximum absolute atomic E-state index is 14.1. The van der Waals surface area contributed by atoms with Crippen LogP contribution in [-0.2, 0) is 26.2 Å². The van der Waals surface area contributed by atoms with Crippen LogP contribution in [0.4, 0.5) is 5.69 Å². The number of anilines is 1. The van der Waals surface area contributed by atoms with Crippen LogP contribution in [-0.4, -0.2) is 58.5 Å². The molecule has 9 nitrogen and oxygen atoms in total. The Labute approximate surface area is 257 Å². The summed E-state index contributed by atoms with van der Waals surface area (Å²) in [5.41, 5.74) is 2.04. The van der Waals surface area contributed by atoms with Gasteiger partial charge in [-0.1, -0.05) is 59.1 Å². The highest BCUT2D eigenvalue weighted by atomic mass is 79.9. The first kappa shape index (κ1) is 32.9. The van der Waals surface area contributed by atoms with Crippen molar-refractivity contribution in [1.29, 1.82) is 0 Å². The number of hydrogen-bond acceptors (Lipinski definition) is 6. The Kier molecular flexibility index (Phi) is 11.8. The summed E-state index contributed by atoms with van der Waals surface area (Å²) in [6, 6.07) is 17.7. The summed E-state index contributed by atoms with van der Waals surface area (Å²) in [5, 5.41) is 2.89. The van der Waals surface area contributed by atoms with Crippen molar-refractivity contribution in [2.75, 3.05) is 31.6 Å². The summed E-state index contributed by atoms with van der Waals surface area (Å²) in [6.07, 6.45) is 1.72. The highest BCUT2D eigenvalue weighted by Crippen LogP contribution is 2.32. The zero-order valence-corrected chi connectivity index (χ0v) is 27.0. The molecule has 0 saturated heterocycles. The zero-order chi connectivity index (χ0) is 30.9. The Hall–Kier alpha value is -3.57. The standard InChI is InChI=1S/C31H38BrN3O6S/c1-6-7-18-33-31(37)23(3)34(20-24-10-12-25(32)13-11-24)30(36)21-35(26-14-8-22(2)9-15-26)42(38,39)27-16-17-28(40-4)29(19-27)41-5/h8-17,19,23H,6-7,18,20-21H2,1-5H3,(H,33,37)/t23-/m0/s1. The maximum Gasteiger partial charge on any atom is 0.264 e. The monoisotopic (exact) mass is 659 g/mol. The van der Waals surface area contributed by atoms with Gasteiger partial charge in [-0.3, -0.25) is 13.9 Å². The topological polar surface area (TPSA) is 105 Å². The molecule has 0 aliphatic rings. The van der Waals surface area contributed by atoms with Gasteiger partial charge in [-0.25, -0.2) is 8.42 Å². The fourth-order valence-corrected chi connectivity index (χ4v) is 5.94. The number of unbranched alkanes of at least 4 members (excludes halogenated alkanes) is 1. The minimum Gasteiger partial charge on any atom is -0.493 e. The number of nitrogens with zero attached hydrogens (tertiary/aromatic N) is 2. The number of hydrogen-bond donors (Lipinski definition) is 1. The van der Waals surface area contributed by atoms with Crippen LogP contribution in [0.1, 0.15) is 37.8 Å². The van der Waals surface area contributed by atoms with Crippen molar-refractivity contribution >= 4 is 43.5 Å². The first-order valence-corrected chi connectivity index (χ1v) is 15.9. The second kappa shape index (κ2) is 15.1. The van der Waals surface area contributed by atoms with Crippen LogP contribution in [0.5, 0.6) is 11.5 Å². The lowest BCUT2D eigenvalue weighted by Gasteiger charge is -2.32. The van der Waals surface area contributed by atoms with E-state index in [1.54, 1.807) is 31.2 Å². The third kappa shape index (κ3) is 8.25. The molecule has 3 aromatic rings. The van der Waals surface area contributed by atoms with Crippen molar-refractivity contribution in [3.63, 3.8) is 0 Å². The van der Waals surface area contributed by atoms with Crippen LogP contribution < -0.4 is 19.1 Å². The van der Waals surface area contributed by atoms with E-state index in [-0.39, 0.29) is 23.1 Å². The van der Waals surface area contributed by atoms with Crippen LogP contribution in [0.2, 0.25) is 0 Å². The number of amides is 2. The SMILES string of the molecule is CCCCNC(=O)[C@H](C)N(Cc1ccc(Br)cc1)C(=O)CN(c1ccc(C)cc1)S(=O)(=O)c1ccc(OC)c(OC)c1. The number of rotatable bonds is 14. The van der Waals surface area contributed by atoms with Gasteiger partial charge in [0.15, 0.2) is 11.5 Å². The van der Waals surface area contributed by atoms with Crippen molar-refractivity contribution < 1.29 is 27.5 Å². The summed E-state index contributed by atoms with van der Waals surface area (Å²) in [5.74, 6) is -0.222. The number of carbonyl (C=O) groups excluding carboxylic acids is 2. The van der Waals surface area contributed by atoms with Crippen LogP contribution in [0, 0.1) is 6.92 Å². The van der Waals surface area contributed by atoms with Gasteiger partial charge in [-0.2, -0.15) is 0 Å². The molecular weight excluding hydrogens is 622 g/mol. The molecule has 0 heterocycles. The number of methoxy groups -OCH3 is 2. The smallest absolute Gasteiger partial charge is 0.264 e. The van der Waals surface area contributed by atoms with Gasteiger partial charge in [0.05, 0.1) is 24.8 Å². The molecule has 11 heteroatoms. The van der Waals surface area contributed by atoms with Crippen molar-refractivity contribution in [3.8, 4) is 11.5 Å². The van der Waals surface area contributed by atoms with Gasteiger partial charge in [-0.05, 0) is 62.2 Å². The third-order valence-corrected chi connectivity index (χ3v) is 9.11. The lowest BCUT2D eigenvalue weighted by atomic mass is 10.1. The molecule has 0 radical (unpaired) electrons. The Morgan fingerprint density at radius 2 is 1.60 bits per heavy atom. The number of halogens is 1.